The van der Waals surface area contributed by atoms with Crippen LogP contribution in [-0.4, -0.2) is 53.8 Å². The number of nitrogens with zero attached hydrogens (tertiary/aromatic N) is 2. The van der Waals surface area contributed by atoms with E-state index >= 15 is 0 Å². The zero-order valence-corrected chi connectivity index (χ0v) is 25.2. The summed E-state index contributed by atoms with van der Waals surface area (Å²) >= 11 is 5.89. The van der Waals surface area contributed by atoms with Crippen LogP contribution in [0.15, 0.2) is 79.0 Å². The lowest BCUT2D eigenvalue weighted by atomic mass is 10.1. The molecular weight excluding hydrogens is 643 g/mol. The molecule has 1 aliphatic heterocycles. The molecular formula is C32H25ClF3N5O6. The number of benzene rings is 3. The molecule has 5 amide bonds. The zero-order valence-electron chi connectivity index (χ0n) is 24.5. The maximum atomic E-state index is 13.6. The summed E-state index contributed by atoms with van der Waals surface area (Å²) in [5, 5.41) is 6.71. The Morgan fingerprint density at radius 2 is 1.62 bits per heavy atom. The van der Waals surface area contributed by atoms with Gasteiger partial charge in [0.15, 0.2) is 0 Å². The quantitative estimate of drug-likeness (QED) is 0.179. The Balaban J connectivity index is 1.21. The highest BCUT2D eigenvalue weighted by molar-refractivity contribution is 6.31. The lowest BCUT2D eigenvalue weighted by Crippen LogP contribution is -2.33. The first-order valence-electron chi connectivity index (χ1n) is 13.9. The molecule has 15 heteroatoms. The average molecular weight is 668 g/mol. The highest BCUT2D eigenvalue weighted by Gasteiger charge is 2.36. The van der Waals surface area contributed by atoms with Gasteiger partial charge in [-0.1, -0.05) is 35.9 Å². The summed E-state index contributed by atoms with van der Waals surface area (Å²) in [6.45, 7) is -0.491. The van der Waals surface area contributed by atoms with E-state index in [4.69, 9.17) is 21.1 Å². The Morgan fingerprint density at radius 3 is 2.26 bits per heavy atom. The first-order valence-corrected chi connectivity index (χ1v) is 14.3. The third-order valence-corrected chi connectivity index (χ3v) is 7.19. The van der Waals surface area contributed by atoms with E-state index in [2.05, 4.69) is 20.9 Å². The van der Waals surface area contributed by atoms with E-state index in [1.54, 1.807) is 42.5 Å². The van der Waals surface area contributed by atoms with Gasteiger partial charge in [0.25, 0.3) is 17.7 Å². The summed E-state index contributed by atoms with van der Waals surface area (Å²) in [4.78, 5) is 54.7. The molecule has 4 aromatic rings. The number of hydrogen-bond acceptors (Lipinski definition) is 7. The number of carbonyl (C=O) groups is 4. The first-order chi connectivity index (χ1) is 22.4. The Labute approximate surface area is 270 Å². The van der Waals surface area contributed by atoms with Crippen molar-refractivity contribution >= 4 is 41.0 Å². The molecule has 5 rings (SSSR count). The molecule has 1 aromatic heterocycles. The number of fused-ring (bicyclic) bond motifs is 1. The van der Waals surface area contributed by atoms with Gasteiger partial charge in [-0.3, -0.25) is 24.3 Å². The van der Waals surface area contributed by atoms with Crippen molar-refractivity contribution in [2.45, 2.75) is 12.7 Å². The lowest BCUT2D eigenvalue weighted by Gasteiger charge is -2.19. The molecule has 2 heterocycles. The normalized spacial score (nSPS) is 12.4. The minimum atomic E-state index is -4.83. The molecule has 242 valence electrons. The molecule has 3 N–H and O–H groups in total. The van der Waals surface area contributed by atoms with Gasteiger partial charge >= 0.3 is 12.2 Å². The van der Waals surface area contributed by atoms with Crippen LogP contribution in [0.4, 0.5) is 23.7 Å². The molecule has 0 unspecified atom stereocenters. The average Bonchev–Trinajstić information content (AvgIpc) is 3.29. The molecule has 3 aromatic carbocycles. The summed E-state index contributed by atoms with van der Waals surface area (Å²) in [7, 11) is 1.48. The van der Waals surface area contributed by atoms with E-state index < -0.39 is 34.6 Å². The van der Waals surface area contributed by atoms with E-state index in [9.17, 15) is 32.3 Å². The van der Waals surface area contributed by atoms with Crippen LogP contribution >= 0.6 is 11.6 Å². The van der Waals surface area contributed by atoms with E-state index in [-0.39, 0.29) is 53.9 Å². The number of hydrogen-bond donors (Lipinski definition) is 3. The van der Waals surface area contributed by atoms with Crippen molar-refractivity contribution in [3.63, 3.8) is 0 Å². The minimum Gasteiger partial charge on any atom is -0.489 e. The molecule has 0 spiro atoms. The van der Waals surface area contributed by atoms with Crippen LogP contribution < -0.4 is 25.4 Å². The van der Waals surface area contributed by atoms with Crippen molar-refractivity contribution in [3.05, 3.63) is 112 Å². The van der Waals surface area contributed by atoms with Crippen LogP contribution in [0.2, 0.25) is 5.02 Å². The first kappa shape index (κ1) is 32.8. The molecule has 0 atom stereocenters. The molecule has 0 aliphatic carbocycles. The van der Waals surface area contributed by atoms with Crippen molar-refractivity contribution in [1.29, 1.82) is 0 Å². The number of ether oxygens (including phenoxy) is 2. The van der Waals surface area contributed by atoms with Crippen molar-refractivity contribution in [2.24, 2.45) is 0 Å². The van der Waals surface area contributed by atoms with Gasteiger partial charge in [-0.2, -0.15) is 13.2 Å². The van der Waals surface area contributed by atoms with E-state index in [1.807, 2.05) is 0 Å². The van der Waals surface area contributed by atoms with Crippen LogP contribution in [0.1, 0.15) is 42.3 Å². The third kappa shape index (κ3) is 7.61. The molecule has 47 heavy (non-hydrogen) atoms. The third-order valence-electron chi connectivity index (χ3n) is 6.88. The predicted octanol–water partition coefficient (Wildman–Crippen LogP) is 5.90. The highest BCUT2D eigenvalue weighted by atomic mass is 35.5. The Hall–Kier alpha value is -5.63. The van der Waals surface area contributed by atoms with Crippen molar-refractivity contribution in [1.82, 2.24) is 20.5 Å². The number of halogens is 4. The number of nitrogens with one attached hydrogen (secondary N) is 3. The largest absolute Gasteiger partial charge is 0.489 e. The number of rotatable bonds is 10. The van der Waals surface area contributed by atoms with Gasteiger partial charge in [-0.25, -0.2) is 4.79 Å². The Morgan fingerprint density at radius 1 is 0.936 bits per heavy atom. The summed E-state index contributed by atoms with van der Waals surface area (Å²) in [5.41, 5.74) is -0.245. The van der Waals surface area contributed by atoms with Crippen LogP contribution in [-0.2, 0) is 12.7 Å². The van der Waals surface area contributed by atoms with Gasteiger partial charge < -0.3 is 25.4 Å². The summed E-state index contributed by atoms with van der Waals surface area (Å²) in [5.74, 6) is -0.799. The van der Waals surface area contributed by atoms with Crippen molar-refractivity contribution in [2.75, 3.05) is 25.5 Å². The van der Waals surface area contributed by atoms with Crippen molar-refractivity contribution in [3.8, 4) is 17.2 Å². The van der Waals surface area contributed by atoms with E-state index in [0.29, 0.717) is 23.1 Å². The van der Waals surface area contributed by atoms with Crippen LogP contribution in [0.25, 0.3) is 0 Å². The lowest BCUT2D eigenvalue weighted by molar-refractivity contribution is -0.137. The van der Waals surface area contributed by atoms with Gasteiger partial charge in [0.05, 0.1) is 33.9 Å². The molecule has 0 saturated carbocycles. The van der Waals surface area contributed by atoms with Crippen molar-refractivity contribution < 1.29 is 41.8 Å². The number of urea groups is 1. The fourth-order valence-electron chi connectivity index (χ4n) is 4.57. The van der Waals surface area contributed by atoms with Crippen LogP contribution in [0.3, 0.4) is 0 Å². The van der Waals surface area contributed by atoms with E-state index in [0.717, 1.165) is 11.0 Å². The fourth-order valence-corrected chi connectivity index (χ4v) is 4.83. The topological polar surface area (TPSA) is 139 Å². The second-order valence-electron chi connectivity index (χ2n) is 9.99. The van der Waals surface area contributed by atoms with Gasteiger partial charge in [-0.15, -0.1) is 0 Å². The standard InChI is InChI=1S/C32H25ClF3N5O6/c1-37-28(42)26-14-20(10-11-38-26)47-19-8-6-18(7-9-19)17-39-31(45)40-25-15-23(32(34,35)36)24(33)16-27(25)46-13-12-41-29(43)21-4-2-3-5-22(21)30(41)44/h2-11,14-16H,12-13,17H2,1H3,(H,37,42)(H2,39,40,45). The maximum Gasteiger partial charge on any atom is 0.417 e. The monoisotopic (exact) mass is 667 g/mol. The second kappa shape index (κ2) is 13.8. The summed E-state index contributed by atoms with van der Waals surface area (Å²) < 4.78 is 52.2. The number of imide groups is 1. The number of aromatic nitrogens is 1. The highest BCUT2D eigenvalue weighted by Crippen LogP contribution is 2.40. The fraction of sp³-hybridized carbons (Fsp3) is 0.156. The molecule has 11 nitrogen and oxygen atoms in total. The number of anilines is 1. The summed E-state index contributed by atoms with van der Waals surface area (Å²) in [6.07, 6.45) is -3.40. The van der Waals surface area contributed by atoms with Gasteiger partial charge in [-0.05, 0) is 42.0 Å². The maximum absolute atomic E-state index is 13.6. The molecule has 0 fully saturated rings. The molecule has 0 saturated heterocycles. The van der Waals surface area contributed by atoms with Crippen LogP contribution in [0.5, 0.6) is 17.2 Å². The van der Waals surface area contributed by atoms with Gasteiger partial charge in [0.2, 0.25) is 0 Å². The smallest absolute Gasteiger partial charge is 0.417 e. The number of pyridine rings is 1. The predicted molar refractivity (Wildman–Crippen MR) is 164 cm³/mol. The minimum absolute atomic E-state index is 0.00214. The number of amides is 5. The SMILES string of the molecule is CNC(=O)c1cc(Oc2ccc(CNC(=O)Nc3cc(C(F)(F)F)c(Cl)cc3OCCN3C(=O)c4ccccc4C3=O)cc2)ccn1. The zero-order chi connectivity index (χ0) is 33.7. The molecule has 0 bridgehead atoms. The molecule has 1 aliphatic rings. The van der Waals surface area contributed by atoms with Crippen LogP contribution in [0, 0.1) is 0 Å². The van der Waals surface area contributed by atoms with Gasteiger partial charge in [0.1, 0.15) is 29.5 Å². The van der Waals surface area contributed by atoms with E-state index in [1.165, 1.54) is 31.4 Å². The number of alkyl halides is 3. The number of carbonyl (C=O) groups excluding carboxylic acids is 4. The second-order valence-corrected chi connectivity index (χ2v) is 10.4. The Kier molecular flexibility index (Phi) is 9.61. The molecule has 0 radical (unpaired) electrons. The Bertz CT molecular complexity index is 1820. The van der Waals surface area contributed by atoms with Gasteiger partial charge in [0, 0.05) is 31.9 Å². The summed E-state index contributed by atoms with van der Waals surface area (Å²) in [6, 6.07) is 16.6.